The van der Waals surface area contributed by atoms with Gasteiger partial charge in [0.05, 0.1) is 28.0 Å². The number of amides is 2. The maximum atomic E-state index is 13.0. The zero-order chi connectivity index (χ0) is 30.7. The fourth-order valence-corrected chi connectivity index (χ4v) is 4.77. The van der Waals surface area contributed by atoms with E-state index in [2.05, 4.69) is 41.3 Å². The molecule has 2 amide bonds. The Morgan fingerprint density at radius 3 is 2.61 bits per heavy atom. The molecule has 2 heterocycles. The first kappa shape index (κ1) is 29.6. The molecule has 0 aliphatic heterocycles. The number of nitro groups is 1. The fraction of sp³-hybridized carbons (Fsp3) is 0.107. The van der Waals surface area contributed by atoms with Gasteiger partial charge in [0.1, 0.15) is 12.6 Å². The average Bonchev–Trinajstić information content (AvgIpc) is 3.73. The molecule has 0 radical (unpaired) electrons. The van der Waals surface area contributed by atoms with Crippen molar-refractivity contribution in [2.24, 2.45) is 5.10 Å². The number of benzene rings is 3. The number of tetrazole rings is 1. The van der Waals surface area contributed by atoms with Gasteiger partial charge in [-0.25, -0.2) is 15.2 Å². The highest BCUT2D eigenvalue weighted by Crippen LogP contribution is 2.34. The van der Waals surface area contributed by atoms with E-state index in [1.54, 1.807) is 24.3 Å². The molecule has 0 bridgehead atoms. The minimum Gasteiger partial charge on any atom is -0.445 e. The van der Waals surface area contributed by atoms with Crippen LogP contribution in [-0.4, -0.2) is 59.4 Å². The smallest absolute Gasteiger partial charge is 0.408 e. The summed E-state index contributed by atoms with van der Waals surface area (Å²) in [6, 6.07) is 21.6. The first-order valence-corrected chi connectivity index (χ1v) is 13.9. The van der Waals surface area contributed by atoms with Crippen LogP contribution in [0.25, 0.3) is 5.69 Å². The molecule has 0 fully saturated rings. The second kappa shape index (κ2) is 14.3. The lowest BCUT2D eigenvalue weighted by molar-refractivity contribution is -0.387. The number of hydrazone groups is 1. The summed E-state index contributed by atoms with van der Waals surface area (Å²) in [7, 11) is 0. The summed E-state index contributed by atoms with van der Waals surface area (Å²) in [4.78, 5) is 43.9. The third-order valence-corrected chi connectivity index (χ3v) is 7.01. The number of nitrogens with one attached hydrogen (secondary N) is 3. The Hall–Kier alpha value is -5.90. The number of ether oxygens (including phenoxy) is 1. The van der Waals surface area contributed by atoms with E-state index in [1.807, 2.05) is 48.5 Å². The molecule has 0 saturated carbocycles. The number of imidazole rings is 1. The number of nitrogens with zero attached hydrogens (tertiary/aromatic N) is 7. The molecule has 0 unspecified atom stereocenters. The second-order valence-electron chi connectivity index (χ2n) is 9.07. The number of H-pyrrole nitrogens is 1. The van der Waals surface area contributed by atoms with Crippen molar-refractivity contribution in [1.82, 2.24) is 40.9 Å². The number of aromatic nitrogens is 6. The normalized spacial score (nSPS) is 11.6. The number of hydrogen-bond acceptors (Lipinski definition) is 11. The van der Waals surface area contributed by atoms with Gasteiger partial charge in [-0.05, 0) is 46.0 Å². The van der Waals surface area contributed by atoms with Crippen molar-refractivity contribution >= 4 is 35.7 Å². The molecule has 2 aromatic heterocycles. The second-order valence-corrected chi connectivity index (χ2v) is 10.1. The number of aromatic amines is 1. The standard InChI is InChI=1S/C28H24N10O5S/c39-26(23(14-21-16-29-18-30-21)32-28(40)43-17-19-7-3-1-4-8-19)33-31-15-20-11-12-25(24(13-20)38(41)42)44-27-34-35-36-37(27)22-9-5-2-6-10-22/h1-13,15-16,18,23H,14,17H2,(H,29,30)(H,32,40)(H,33,39)/b31-15-/t23-/m0/s1. The van der Waals surface area contributed by atoms with Crippen molar-refractivity contribution in [3.63, 3.8) is 0 Å². The van der Waals surface area contributed by atoms with Crippen molar-refractivity contribution < 1.29 is 19.2 Å². The molecular formula is C28H24N10O5S. The van der Waals surface area contributed by atoms with Gasteiger partial charge >= 0.3 is 6.09 Å². The van der Waals surface area contributed by atoms with Gasteiger partial charge in [-0.2, -0.15) is 9.78 Å². The van der Waals surface area contributed by atoms with E-state index in [0.29, 0.717) is 27.0 Å². The number of hydrogen-bond donors (Lipinski definition) is 3. The van der Waals surface area contributed by atoms with Crippen molar-refractivity contribution in [2.45, 2.75) is 29.1 Å². The molecule has 0 aliphatic carbocycles. The Kier molecular flexibility index (Phi) is 9.63. The Labute approximate surface area is 253 Å². The third-order valence-electron chi connectivity index (χ3n) is 6.01. The van der Waals surface area contributed by atoms with E-state index < -0.39 is 23.0 Å². The van der Waals surface area contributed by atoms with E-state index in [9.17, 15) is 19.7 Å². The van der Waals surface area contributed by atoms with Crippen molar-refractivity contribution in [2.75, 3.05) is 0 Å². The fourth-order valence-electron chi connectivity index (χ4n) is 3.90. The van der Waals surface area contributed by atoms with Crippen molar-refractivity contribution in [3.8, 4) is 5.69 Å². The highest BCUT2D eigenvalue weighted by molar-refractivity contribution is 7.99. The van der Waals surface area contributed by atoms with E-state index >= 15 is 0 Å². The van der Waals surface area contributed by atoms with E-state index in [1.165, 1.54) is 29.5 Å². The summed E-state index contributed by atoms with van der Waals surface area (Å²) in [5.41, 5.74) is 4.60. The van der Waals surface area contributed by atoms with Gasteiger partial charge in [-0.3, -0.25) is 14.9 Å². The first-order valence-electron chi connectivity index (χ1n) is 13.0. The molecule has 222 valence electrons. The largest absolute Gasteiger partial charge is 0.445 e. The lowest BCUT2D eigenvalue weighted by Crippen LogP contribution is -2.47. The van der Waals surface area contributed by atoms with E-state index in [0.717, 1.165) is 17.3 Å². The predicted molar refractivity (Wildman–Crippen MR) is 158 cm³/mol. The first-order chi connectivity index (χ1) is 21.5. The Balaban J connectivity index is 1.24. The Bertz CT molecular complexity index is 1750. The molecule has 44 heavy (non-hydrogen) atoms. The number of carbonyl (C=O) groups is 2. The monoisotopic (exact) mass is 612 g/mol. The zero-order valence-electron chi connectivity index (χ0n) is 22.8. The SMILES string of the molecule is O=C(N[C@@H](Cc1cnc[nH]1)C(=O)N/N=C\c1ccc(Sc2nnnn2-c2ccccc2)c([N+](=O)[O-])c1)OCc1ccccc1. The number of rotatable bonds is 12. The Morgan fingerprint density at radius 1 is 1.11 bits per heavy atom. The van der Waals surface area contributed by atoms with Gasteiger partial charge in [-0.15, -0.1) is 5.10 Å². The highest BCUT2D eigenvalue weighted by atomic mass is 32.2. The van der Waals surface area contributed by atoms with Crippen LogP contribution in [0.4, 0.5) is 10.5 Å². The molecule has 3 N–H and O–H groups in total. The molecular weight excluding hydrogens is 588 g/mol. The molecule has 0 spiro atoms. The van der Waals surface area contributed by atoms with E-state index in [-0.39, 0.29) is 18.7 Å². The van der Waals surface area contributed by atoms with E-state index in [4.69, 9.17) is 4.74 Å². The van der Waals surface area contributed by atoms with Crippen LogP contribution in [0.1, 0.15) is 16.8 Å². The number of carbonyl (C=O) groups excluding carboxylic acids is 2. The zero-order valence-corrected chi connectivity index (χ0v) is 23.6. The minimum atomic E-state index is -1.06. The van der Waals surface area contributed by atoms with Gasteiger partial charge in [0, 0.05) is 29.9 Å². The number of para-hydroxylation sites is 1. The highest BCUT2D eigenvalue weighted by Gasteiger charge is 2.23. The van der Waals surface area contributed by atoms with Gasteiger partial charge in [0.15, 0.2) is 0 Å². The molecule has 0 saturated heterocycles. The Morgan fingerprint density at radius 2 is 1.89 bits per heavy atom. The van der Waals surface area contributed by atoms with Gasteiger partial charge in [0.25, 0.3) is 11.6 Å². The van der Waals surface area contributed by atoms with Crippen LogP contribution in [-0.2, 0) is 22.6 Å². The van der Waals surface area contributed by atoms with Crippen molar-refractivity contribution in [1.29, 1.82) is 0 Å². The molecule has 16 heteroatoms. The van der Waals surface area contributed by atoms with Gasteiger partial charge < -0.3 is 15.0 Å². The predicted octanol–water partition coefficient (Wildman–Crippen LogP) is 3.43. The van der Waals surface area contributed by atoms with Gasteiger partial charge in [0.2, 0.25) is 5.16 Å². The summed E-state index contributed by atoms with van der Waals surface area (Å²) in [5.74, 6) is -0.637. The quantitative estimate of drug-likeness (QED) is 0.107. The summed E-state index contributed by atoms with van der Waals surface area (Å²) in [6.07, 6.45) is 3.53. The topological polar surface area (TPSA) is 195 Å². The summed E-state index contributed by atoms with van der Waals surface area (Å²) < 4.78 is 6.72. The van der Waals surface area contributed by atoms with Crippen molar-refractivity contribution in [3.05, 3.63) is 118 Å². The summed E-state index contributed by atoms with van der Waals surface area (Å²) in [6.45, 7) is 0.0253. The van der Waals surface area contributed by atoms with Crippen LogP contribution in [0.5, 0.6) is 0 Å². The van der Waals surface area contributed by atoms with Crippen LogP contribution < -0.4 is 10.7 Å². The maximum Gasteiger partial charge on any atom is 0.408 e. The number of alkyl carbamates (subject to hydrolysis) is 1. The molecule has 5 aromatic rings. The summed E-state index contributed by atoms with van der Waals surface area (Å²) in [5, 5.41) is 30.4. The van der Waals surface area contributed by atoms with Gasteiger partial charge in [-0.1, -0.05) is 54.6 Å². The van der Waals surface area contributed by atoms with Crippen LogP contribution >= 0.6 is 11.8 Å². The molecule has 15 nitrogen and oxygen atoms in total. The molecule has 5 rings (SSSR count). The lowest BCUT2D eigenvalue weighted by atomic mass is 10.1. The number of nitro benzene ring substituents is 1. The molecule has 0 aliphatic rings. The molecule has 1 atom stereocenters. The molecule has 3 aromatic carbocycles. The lowest BCUT2D eigenvalue weighted by Gasteiger charge is -2.16. The third kappa shape index (κ3) is 7.89. The van der Waals surface area contributed by atoms with Crippen LogP contribution in [0.2, 0.25) is 0 Å². The van der Waals surface area contributed by atoms with Crippen LogP contribution in [0.15, 0.2) is 107 Å². The van der Waals surface area contributed by atoms with Crippen LogP contribution in [0.3, 0.4) is 0 Å². The minimum absolute atomic E-state index is 0.0253. The summed E-state index contributed by atoms with van der Waals surface area (Å²) >= 11 is 1.03. The van der Waals surface area contributed by atoms with Crippen LogP contribution in [0, 0.1) is 10.1 Å². The average molecular weight is 613 g/mol. The maximum absolute atomic E-state index is 13.0.